The second-order valence-corrected chi connectivity index (χ2v) is 6.70. The molecule has 1 amide bonds. The van der Waals surface area contributed by atoms with E-state index in [2.05, 4.69) is 29.7 Å². The van der Waals surface area contributed by atoms with Gasteiger partial charge in [0.1, 0.15) is 5.69 Å². The van der Waals surface area contributed by atoms with Gasteiger partial charge in [0, 0.05) is 23.7 Å². The van der Waals surface area contributed by atoms with E-state index in [-0.39, 0.29) is 23.7 Å². The van der Waals surface area contributed by atoms with Crippen LogP contribution in [0.4, 0.5) is 11.4 Å². The number of carbonyl (C=O) groups is 1. The molecule has 0 aromatic heterocycles. The van der Waals surface area contributed by atoms with Crippen molar-refractivity contribution in [2.24, 2.45) is 0 Å². The highest BCUT2D eigenvalue weighted by Crippen LogP contribution is 2.30. The average molecular weight is 353 g/mol. The van der Waals surface area contributed by atoms with E-state index in [9.17, 15) is 14.9 Å². The molecule has 1 aliphatic carbocycles. The molecular formula is C20H23N3O3. The maximum absolute atomic E-state index is 12.1. The van der Waals surface area contributed by atoms with Crippen LogP contribution in [0.2, 0.25) is 0 Å². The lowest BCUT2D eigenvalue weighted by molar-refractivity contribution is -0.384. The van der Waals surface area contributed by atoms with Crippen molar-refractivity contribution in [3.05, 3.63) is 69.3 Å². The van der Waals surface area contributed by atoms with Gasteiger partial charge in [-0.05, 0) is 49.4 Å². The van der Waals surface area contributed by atoms with Gasteiger partial charge in [-0.3, -0.25) is 14.9 Å². The van der Waals surface area contributed by atoms with Gasteiger partial charge in [0.2, 0.25) is 0 Å². The molecule has 6 heteroatoms. The van der Waals surface area contributed by atoms with E-state index < -0.39 is 4.92 Å². The Kier molecular flexibility index (Phi) is 5.21. The number of rotatable bonds is 7. The first-order valence-electron chi connectivity index (χ1n) is 8.92. The second-order valence-electron chi connectivity index (χ2n) is 6.70. The Bertz CT molecular complexity index is 814. The zero-order chi connectivity index (χ0) is 18.7. The molecule has 1 aliphatic rings. The molecule has 26 heavy (non-hydrogen) atoms. The molecule has 0 spiro atoms. The third-order valence-electron chi connectivity index (χ3n) is 4.63. The van der Waals surface area contributed by atoms with Crippen LogP contribution in [0.5, 0.6) is 0 Å². The summed E-state index contributed by atoms with van der Waals surface area (Å²) in [6.07, 6.45) is 2.92. The van der Waals surface area contributed by atoms with E-state index >= 15 is 0 Å². The fourth-order valence-electron chi connectivity index (χ4n) is 2.80. The maximum Gasteiger partial charge on any atom is 0.293 e. The number of nitro groups is 1. The third kappa shape index (κ3) is 4.20. The van der Waals surface area contributed by atoms with Crippen LogP contribution in [0.1, 0.15) is 54.2 Å². The molecule has 1 unspecified atom stereocenters. The lowest BCUT2D eigenvalue weighted by Gasteiger charge is -2.16. The van der Waals surface area contributed by atoms with Crippen molar-refractivity contribution in [1.82, 2.24) is 5.32 Å². The van der Waals surface area contributed by atoms with Crippen LogP contribution in [0, 0.1) is 10.1 Å². The molecule has 2 aromatic carbocycles. The van der Waals surface area contributed by atoms with Gasteiger partial charge < -0.3 is 10.6 Å². The van der Waals surface area contributed by atoms with Crippen molar-refractivity contribution >= 4 is 17.3 Å². The van der Waals surface area contributed by atoms with Gasteiger partial charge in [-0.15, -0.1) is 0 Å². The average Bonchev–Trinajstić information content (AvgIpc) is 3.45. The number of aryl methyl sites for hydroxylation is 1. The molecule has 136 valence electrons. The lowest BCUT2D eigenvalue weighted by Crippen LogP contribution is -2.25. The molecule has 2 N–H and O–H groups in total. The summed E-state index contributed by atoms with van der Waals surface area (Å²) >= 11 is 0. The number of hydrogen-bond acceptors (Lipinski definition) is 4. The van der Waals surface area contributed by atoms with Crippen molar-refractivity contribution in [3.8, 4) is 0 Å². The van der Waals surface area contributed by atoms with Gasteiger partial charge >= 0.3 is 0 Å². The summed E-state index contributed by atoms with van der Waals surface area (Å²) in [4.78, 5) is 23.1. The van der Waals surface area contributed by atoms with Crippen LogP contribution in [-0.4, -0.2) is 16.9 Å². The molecule has 0 saturated heterocycles. The maximum atomic E-state index is 12.1. The molecule has 6 nitrogen and oxygen atoms in total. The fourth-order valence-corrected chi connectivity index (χ4v) is 2.80. The molecule has 1 saturated carbocycles. The minimum atomic E-state index is -0.455. The van der Waals surface area contributed by atoms with E-state index in [1.54, 1.807) is 12.1 Å². The van der Waals surface area contributed by atoms with E-state index in [1.807, 2.05) is 19.1 Å². The summed E-state index contributed by atoms with van der Waals surface area (Å²) in [6.45, 7) is 4.05. The number of amides is 1. The molecule has 0 heterocycles. The number of nitrogens with zero attached hydrogens (tertiary/aromatic N) is 1. The zero-order valence-electron chi connectivity index (χ0n) is 15.0. The van der Waals surface area contributed by atoms with Gasteiger partial charge in [-0.2, -0.15) is 0 Å². The van der Waals surface area contributed by atoms with E-state index in [1.165, 1.54) is 11.6 Å². The summed E-state index contributed by atoms with van der Waals surface area (Å²) in [7, 11) is 0. The minimum Gasteiger partial charge on any atom is -0.373 e. The summed E-state index contributed by atoms with van der Waals surface area (Å²) in [5.74, 6) is -0.259. The number of hydrogen-bond donors (Lipinski definition) is 2. The van der Waals surface area contributed by atoms with Crippen LogP contribution >= 0.6 is 0 Å². The number of nitro benzene ring substituents is 1. The number of nitrogens with one attached hydrogen (secondary N) is 2. The Hall–Kier alpha value is -2.89. The van der Waals surface area contributed by atoms with Crippen molar-refractivity contribution in [1.29, 1.82) is 0 Å². The minimum absolute atomic E-state index is 0.0919. The first kappa shape index (κ1) is 17.9. The van der Waals surface area contributed by atoms with E-state index in [0.717, 1.165) is 24.8 Å². The largest absolute Gasteiger partial charge is 0.373 e. The molecule has 1 fully saturated rings. The third-order valence-corrected chi connectivity index (χ3v) is 4.63. The molecule has 3 rings (SSSR count). The molecule has 0 radical (unpaired) electrons. The monoisotopic (exact) mass is 353 g/mol. The van der Waals surface area contributed by atoms with Gasteiger partial charge in [-0.25, -0.2) is 0 Å². The first-order valence-corrected chi connectivity index (χ1v) is 8.92. The van der Waals surface area contributed by atoms with Crippen molar-refractivity contribution in [2.45, 2.75) is 45.2 Å². The molecule has 2 aromatic rings. The normalized spacial score (nSPS) is 14.5. The van der Waals surface area contributed by atoms with Gasteiger partial charge in [0.25, 0.3) is 11.6 Å². The molecule has 0 aliphatic heterocycles. The summed E-state index contributed by atoms with van der Waals surface area (Å²) in [5.41, 5.74) is 2.93. The van der Waals surface area contributed by atoms with Crippen molar-refractivity contribution in [2.75, 3.05) is 5.32 Å². The zero-order valence-corrected chi connectivity index (χ0v) is 15.0. The van der Waals surface area contributed by atoms with Crippen LogP contribution in [0.25, 0.3) is 0 Å². The van der Waals surface area contributed by atoms with Crippen molar-refractivity contribution < 1.29 is 9.72 Å². The number of carbonyl (C=O) groups excluding carboxylic acids is 1. The van der Waals surface area contributed by atoms with E-state index in [0.29, 0.717) is 11.3 Å². The van der Waals surface area contributed by atoms with Gasteiger partial charge in [0.15, 0.2) is 0 Å². The summed E-state index contributed by atoms with van der Waals surface area (Å²) < 4.78 is 0. The highest BCUT2D eigenvalue weighted by molar-refractivity contribution is 5.96. The van der Waals surface area contributed by atoms with Crippen LogP contribution < -0.4 is 10.6 Å². The van der Waals surface area contributed by atoms with Crippen LogP contribution in [0.3, 0.4) is 0 Å². The van der Waals surface area contributed by atoms with Gasteiger partial charge in [0.05, 0.1) is 4.92 Å². The second kappa shape index (κ2) is 7.56. The topological polar surface area (TPSA) is 84.3 Å². The Balaban J connectivity index is 1.79. The highest BCUT2D eigenvalue weighted by atomic mass is 16.6. The SMILES string of the molecule is CCc1ccc(C(C)Nc2ccc(C(=O)NC3CC3)cc2[N+](=O)[O-])cc1. The predicted molar refractivity (Wildman–Crippen MR) is 101 cm³/mol. The quantitative estimate of drug-likeness (QED) is 0.576. The Morgan fingerprint density at radius 1 is 1.23 bits per heavy atom. The number of anilines is 1. The van der Waals surface area contributed by atoms with Gasteiger partial charge in [-0.1, -0.05) is 31.2 Å². The summed E-state index contributed by atoms with van der Waals surface area (Å²) in [6, 6.07) is 12.9. The fraction of sp³-hybridized carbons (Fsp3) is 0.350. The predicted octanol–water partition coefficient (Wildman–Crippen LogP) is 4.22. The Morgan fingerprint density at radius 2 is 1.92 bits per heavy atom. The lowest BCUT2D eigenvalue weighted by atomic mass is 10.0. The number of benzene rings is 2. The van der Waals surface area contributed by atoms with E-state index in [4.69, 9.17) is 0 Å². The Labute approximate surface area is 152 Å². The molecule has 0 bridgehead atoms. The standard InChI is InChI=1S/C20H23N3O3/c1-3-14-4-6-15(7-5-14)13(2)21-18-11-8-16(12-19(18)23(25)26)20(24)22-17-9-10-17/h4-8,11-13,17,21H,3,9-10H2,1-2H3,(H,22,24). The Morgan fingerprint density at radius 3 is 2.50 bits per heavy atom. The first-order chi connectivity index (χ1) is 12.5. The van der Waals surface area contributed by atoms with Crippen LogP contribution in [-0.2, 0) is 6.42 Å². The molecular weight excluding hydrogens is 330 g/mol. The van der Waals surface area contributed by atoms with Crippen molar-refractivity contribution in [3.63, 3.8) is 0 Å². The highest BCUT2D eigenvalue weighted by Gasteiger charge is 2.25. The molecule has 1 atom stereocenters. The van der Waals surface area contributed by atoms with Crippen LogP contribution in [0.15, 0.2) is 42.5 Å². The summed E-state index contributed by atoms with van der Waals surface area (Å²) in [5, 5.41) is 17.5. The smallest absolute Gasteiger partial charge is 0.293 e.